The molecule has 2 unspecified atom stereocenters. The molecule has 5 rings (SSSR count). The topological polar surface area (TPSA) is 138 Å². The second kappa shape index (κ2) is 24.7. The Morgan fingerprint density at radius 1 is 0.576 bits per heavy atom. The summed E-state index contributed by atoms with van der Waals surface area (Å²) in [5, 5.41) is 3.28. The van der Waals surface area contributed by atoms with Crippen LogP contribution in [-0.2, 0) is 28.4 Å². The molecule has 0 saturated carbocycles. The second-order valence-corrected chi connectivity index (χ2v) is 14.0. The molecule has 0 bridgehead atoms. The van der Waals surface area contributed by atoms with Crippen LogP contribution in [0.4, 0.5) is 0 Å². The number of carbonyl (C=O) groups is 2. The molecule has 0 amide bonds. The number of rotatable bonds is 9. The Balaban J connectivity index is 1.28. The molecule has 1 N–H and O–H groups in total. The summed E-state index contributed by atoms with van der Waals surface area (Å²) in [7, 11) is 0. The van der Waals surface area contributed by atoms with Crippen molar-refractivity contribution in [1.29, 1.82) is 0 Å². The molecule has 0 spiro atoms. The van der Waals surface area contributed by atoms with Gasteiger partial charge in [0.1, 0.15) is 45.2 Å². The molecule has 59 heavy (non-hydrogen) atoms. The quantitative estimate of drug-likeness (QED) is 0.151. The third-order valence-electron chi connectivity index (χ3n) is 8.93. The highest BCUT2D eigenvalue weighted by atomic mass is 16.6. The summed E-state index contributed by atoms with van der Waals surface area (Å²) in [5.74, 6) is 1.36. The Kier molecular flexibility index (Phi) is 18.8. The summed E-state index contributed by atoms with van der Waals surface area (Å²) in [5.41, 5.74) is 4.75. The van der Waals surface area contributed by atoms with Crippen LogP contribution in [0.25, 0.3) is 0 Å². The van der Waals surface area contributed by atoms with Crippen molar-refractivity contribution < 1.29 is 57.0 Å². The summed E-state index contributed by atoms with van der Waals surface area (Å²) in [6.07, 6.45) is -1.55. The number of hydrogen-bond acceptors (Lipinski definition) is 13. The summed E-state index contributed by atoms with van der Waals surface area (Å²) in [6.45, 7) is 11.3. The van der Waals surface area contributed by atoms with E-state index in [1.165, 1.54) is 0 Å². The van der Waals surface area contributed by atoms with Crippen molar-refractivity contribution in [3.05, 3.63) is 118 Å². The predicted molar refractivity (Wildman–Crippen MR) is 221 cm³/mol. The molecule has 0 fully saturated rings. The van der Waals surface area contributed by atoms with Crippen molar-refractivity contribution in [1.82, 2.24) is 5.32 Å². The minimum atomic E-state index is -0.815. The van der Waals surface area contributed by atoms with Crippen molar-refractivity contribution in [2.24, 2.45) is 0 Å². The average Bonchev–Trinajstić information content (AvgIpc) is 3.21. The lowest BCUT2D eigenvalue weighted by Gasteiger charge is -2.28. The maximum atomic E-state index is 13.7. The lowest BCUT2D eigenvalue weighted by Crippen LogP contribution is -2.45. The van der Waals surface area contributed by atoms with Crippen molar-refractivity contribution in [2.75, 3.05) is 92.4 Å². The third kappa shape index (κ3) is 15.8. The van der Waals surface area contributed by atoms with Gasteiger partial charge in [0.15, 0.2) is 23.0 Å². The van der Waals surface area contributed by atoms with Gasteiger partial charge in [0.2, 0.25) is 0 Å². The van der Waals surface area contributed by atoms with E-state index in [0.717, 1.165) is 22.3 Å². The van der Waals surface area contributed by atoms with E-state index >= 15 is 0 Å². The van der Waals surface area contributed by atoms with Gasteiger partial charge in [-0.05, 0) is 76.2 Å². The number of aryl methyl sites for hydroxylation is 4. The monoisotopic (exact) mass is 815 g/mol. The van der Waals surface area contributed by atoms with Gasteiger partial charge in [-0.15, -0.1) is 0 Å². The summed E-state index contributed by atoms with van der Waals surface area (Å²) >= 11 is 0. The Morgan fingerprint density at radius 2 is 1.00 bits per heavy atom. The van der Waals surface area contributed by atoms with Gasteiger partial charge in [-0.3, -0.25) is 0 Å². The highest BCUT2D eigenvalue weighted by Gasteiger charge is 2.28. The molecular weight excluding hydrogens is 759 g/mol. The lowest BCUT2D eigenvalue weighted by atomic mass is 10.1. The van der Waals surface area contributed by atoms with Gasteiger partial charge in [-0.2, -0.15) is 0 Å². The van der Waals surface area contributed by atoms with Gasteiger partial charge < -0.3 is 52.7 Å². The van der Waals surface area contributed by atoms with Crippen molar-refractivity contribution in [3.8, 4) is 23.0 Å². The van der Waals surface area contributed by atoms with E-state index in [2.05, 4.69) is 5.32 Å². The molecule has 4 aromatic rings. The zero-order valence-corrected chi connectivity index (χ0v) is 34.5. The highest BCUT2D eigenvalue weighted by molar-refractivity contribution is 5.90. The van der Waals surface area contributed by atoms with E-state index in [1.54, 1.807) is 24.3 Å². The Bertz CT molecular complexity index is 1860. The van der Waals surface area contributed by atoms with Crippen LogP contribution < -0.4 is 24.3 Å². The summed E-state index contributed by atoms with van der Waals surface area (Å²) < 4.78 is 59.6. The first kappa shape index (κ1) is 44.9. The van der Waals surface area contributed by atoms with Gasteiger partial charge in [-0.1, -0.05) is 58.7 Å². The normalized spacial score (nSPS) is 16.8. The summed E-state index contributed by atoms with van der Waals surface area (Å²) in [4.78, 5) is 26.5. The third-order valence-corrected chi connectivity index (χ3v) is 8.93. The molecule has 1 aliphatic rings. The number of nitrogens with one attached hydrogen (secondary N) is 1. The number of esters is 2. The van der Waals surface area contributed by atoms with E-state index in [4.69, 9.17) is 47.4 Å². The number of fused-ring (bicyclic) bond motifs is 2. The first-order chi connectivity index (χ1) is 28.7. The Hall–Kier alpha value is -5.18. The molecule has 1 heterocycles. The Labute approximate surface area is 347 Å². The van der Waals surface area contributed by atoms with Crippen LogP contribution in [0.3, 0.4) is 0 Å². The standard InChI is InChI=1S/C46H57NO12/c1-33-25-34(2)28-37(27-33)45(48)58-14-13-47-31-43(59-46(49)38-29-35(3)26-36(4)30-38)44-32-52-19-22-55-40-10-6-5-9-39(40)53-20-17-50-15-16-51-18-21-54-41-11-7-8-12-42(41)56-23-24-57-44/h5-12,25-30,43-44,47H,13-24,31-32H2,1-4H3. The molecule has 0 aliphatic carbocycles. The number of ether oxygens (including phenoxy) is 10. The number of benzene rings is 4. The number of para-hydroxylation sites is 4. The van der Waals surface area contributed by atoms with Gasteiger partial charge in [0.25, 0.3) is 0 Å². The molecule has 4 aromatic carbocycles. The largest absolute Gasteiger partial charge is 0.487 e. The van der Waals surface area contributed by atoms with Crippen LogP contribution in [0, 0.1) is 27.7 Å². The van der Waals surface area contributed by atoms with Gasteiger partial charge in [0.05, 0.1) is 57.4 Å². The van der Waals surface area contributed by atoms with Crippen molar-refractivity contribution in [3.63, 3.8) is 0 Å². The fourth-order valence-electron chi connectivity index (χ4n) is 6.33. The SMILES string of the molecule is Cc1cc(C)cc(C(=O)OCCNCC(OC(=O)c2cc(C)cc(C)c2)C2COCCOc3ccccc3OCCOCCOCCOc3ccccc3OCCO2)c1. The minimum absolute atomic E-state index is 0.0622. The lowest BCUT2D eigenvalue weighted by molar-refractivity contribution is -0.0919. The predicted octanol–water partition coefficient (Wildman–Crippen LogP) is 6.26. The van der Waals surface area contributed by atoms with E-state index < -0.39 is 24.1 Å². The molecule has 0 radical (unpaired) electrons. The molecule has 318 valence electrons. The van der Waals surface area contributed by atoms with Crippen molar-refractivity contribution >= 4 is 11.9 Å². The molecule has 1 aliphatic heterocycles. The molecule has 0 aromatic heterocycles. The van der Waals surface area contributed by atoms with E-state index in [-0.39, 0.29) is 46.2 Å². The molecule has 0 saturated heterocycles. The molecule has 13 heteroatoms. The molecular formula is C46H57NO12. The Morgan fingerprint density at radius 3 is 1.49 bits per heavy atom. The van der Waals surface area contributed by atoms with E-state index in [0.29, 0.717) is 80.3 Å². The maximum Gasteiger partial charge on any atom is 0.338 e. The van der Waals surface area contributed by atoms with Crippen LogP contribution in [0.15, 0.2) is 84.9 Å². The van der Waals surface area contributed by atoms with Gasteiger partial charge in [-0.25, -0.2) is 9.59 Å². The fraction of sp³-hybridized carbons (Fsp3) is 0.435. The van der Waals surface area contributed by atoms with Gasteiger partial charge in [0, 0.05) is 13.1 Å². The highest BCUT2D eigenvalue weighted by Crippen LogP contribution is 2.27. The van der Waals surface area contributed by atoms with Gasteiger partial charge >= 0.3 is 11.9 Å². The number of carbonyl (C=O) groups excluding carboxylic acids is 2. The molecule has 2 atom stereocenters. The fourth-order valence-corrected chi connectivity index (χ4v) is 6.33. The van der Waals surface area contributed by atoms with Crippen LogP contribution in [0.2, 0.25) is 0 Å². The van der Waals surface area contributed by atoms with E-state index in [9.17, 15) is 9.59 Å². The van der Waals surface area contributed by atoms with Crippen LogP contribution in [0.5, 0.6) is 23.0 Å². The summed E-state index contributed by atoms with van der Waals surface area (Å²) in [6, 6.07) is 25.9. The smallest absolute Gasteiger partial charge is 0.338 e. The first-order valence-electron chi connectivity index (χ1n) is 20.0. The first-order valence-corrected chi connectivity index (χ1v) is 20.0. The average molecular weight is 816 g/mol. The van der Waals surface area contributed by atoms with E-state index in [1.807, 2.05) is 88.4 Å². The minimum Gasteiger partial charge on any atom is -0.487 e. The number of hydrogen-bond donors (Lipinski definition) is 1. The second-order valence-electron chi connectivity index (χ2n) is 14.0. The molecule has 13 nitrogen and oxygen atoms in total. The zero-order chi connectivity index (χ0) is 41.7. The van der Waals surface area contributed by atoms with Crippen LogP contribution in [-0.4, -0.2) is 117 Å². The van der Waals surface area contributed by atoms with Crippen molar-refractivity contribution in [2.45, 2.75) is 39.9 Å². The zero-order valence-electron chi connectivity index (χ0n) is 34.5. The maximum absolute atomic E-state index is 13.7. The van der Waals surface area contributed by atoms with Crippen LogP contribution >= 0.6 is 0 Å². The van der Waals surface area contributed by atoms with Crippen LogP contribution in [0.1, 0.15) is 43.0 Å².